The van der Waals surface area contributed by atoms with Crippen LogP contribution >= 0.6 is 11.8 Å². The highest BCUT2D eigenvalue weighted by molar-refractivity contribution is 8.03. The third-order valence-corrected chi connectivity index (χ3v) is 6.15. The lowest BCUT2D eigenvalue weighted by atomic mass is 10.1. The van der Waals surface area contributed by atoms with Crippen LogP contribution < -0.4 is 9.80 Å². The van der Waals surface area contributed by atoms with Crippen molar-refractivity contribution in [2.45, 2.75) is 5.75 Å². The highest BCUT2D eigenvalue weighted by atomic mass is 32.2. The molecule has 0 saturated carbocycles. The molecule has 0 saturated heterocycles. The minimum absolute atomic E-state index is 0.307. The Morgan fingerprint density at radius 2 is 1.58 bits per heavy atom. The van der Waals surface area contributed by atoms with Crippen LogP contribution in [0.3, 0.4) is 0 Å². The van der Waals surface area contributed by atoms with E-state index in [0.717, 1.165) is 11.3 Å². The van der Waals surface area contributed by atoms with Gasteiger partial charge in [0.25, 0.3) is 11.8 Å². The largest absolute Gasteiger partial charge is 0.378 e. The predicted octanol–water partition coefficient (Wildman–Crippen LogP) is 5.11. The zero-order valence-corrected chi connectivity index (χ0v) is 18.0. The smallest absolute Gasteiger partial charge is 0.272 e. The molecule has 6 heteroatoms. The molecule has 1 aliphatic heterocycles. The lowest BCUT2D eigenvalue weighted by molar-refractivity contribution is -0.119. The van der Waals surface area contributed by atoms with Crippen LogP contribution in [-0.4, -0.2) is 25.9 Å². The van der Waals surface area contributed by atoms with E-state index >= 15 is 0 Å². The lowest BCUT2D eigenvalue weighted by Gasteiger charge is -2.19. The van der Waals surface area contributed by atoms with Gasteiger partial charge in [0, 0.05) is 25.5 Å². The Balaban J connectivity index is 1.74. The van der Waals surface area contributed by atoms with Crippen LogP contribution in [0.2, 0.25) is 0 Å². The van der Waals surface area contributed by atoms with Gasteiger partial charge in [-0.25, -0.2) is 9.29 Å². The summed E-state index contributed by atoms with van der Waals surface area (Å²) in [5.74, 6) is -0.606. The number of hydrogen-bond acceptors (Lipinski definition) is 4. The van der Waals surface area contributed by atoms with E-state index in [1.807, 2.05) is 67.5 Å². The molecule has 4 rings (SSSR count). The van der Waals surface area contributed by atoms with Crippen LogP contribution in [0.5, 0.6) is 0 Å². The Bertz CT molecular complexity index is 1160. The molecule has 0 aliphatic carbocycles. The van der Waals surface area contributed by atoms with E-state index in [-0.39, 0.29) is 5.91 Å². The fourth-order valence-electron chi connectivity index (χ4n) is 3.39. The Morgan fingerprint density at radius 1 is 0.871 bits per heavy atom. The number of carbonyl (C=O) groups is 2. The number of carbonyl (C=O) groups excluding carboxylic acids is 2. The molecule has 1 heterocycles. The molecule has 1 aliphatic rings. The average Bonchev–Trinajstić information content (AvgIpc) is 3.03. The monoisotopic (exact) mass is 432 g/mol. The highest BCUT2D eigenvalue weighted by Crippen LogP contribution is 2.40. The number of imide groups is 1. The topological polar surface area (TPSA) is 40.6 Å². The maximum Gasteiger partial charge on any atom is 0.272 e. The number of halogens is 1. The van der Waals surface area contributed by atoms with Crippen molar-refractivity contribution in [3.05, 3.63) is 101 Å². The first kappa shape index (κ1) is 20.9. The molecule has 3 aromatic carbocycles. The van der Waals surface area contributed by atoms with E-state index in [1.54, 1.807) is 18.2 Å². The minimum atomic E-state index is -0.400. The molecule has 0 bridgehead atoms. The van der Waals surface area contributed by atoms with Crippen molar-refractivity contribution in [2.75, 3.05) is 23.9 Å². The Hall–Kier alpha value is -3.38. The third-order valence-electron chi connectivity index (χ3n) is 5.00. The summed E-state index contributed by atoms with van der Waals surface area (Å²) in [5, 5.41) is 0. The van der Waals surface area contributed by atoms with Crippen molar-refractivity contribution < 1.29 is 14.0 Å². The summed E-state index contributed by atoms with van der Waals surface area (Å²) in [6.45, 7) is 0. The van der Waals surface area contributed by atoms with Gasteiger partial charge in [-0.05, 0) is 41.5 Å². The molecule has 4 nitrogen and oxygen atoms in total. The maximum atomic E-state index is 13.5. The third kappa shape index (κ3) is 4.25. The van der Waals surface area contributed by atoms with Gasteiger partial charge in [-0.1, -0.05) is 48.5 Å². The molecule has 0 unspecified atom stereocenters. The molecule has 2 amide bonds. The van der Waals surface area contributed by atoms with E-state index in [1.165, 1.54) is 28.8 Å². The van der Waals surface area contributed by atoms with Crippen molar-refractivity contribution in [3.8, 4) is 0 Å². The van der Waals surface area contributed by atoms with Crippen molar-refractivity contribution in [1.29, 1.82) is 0 Å². The van der Waals surface area contributed by atoms with Gasteiger partial charge < -0.3 is 4.90 Å². The van der Waals surface area contributed by atoms with Crippen molar-refractivity contribution in [1.82, 2.24) is 0 Å². The standard InChI is InChI=1S/C25H21FN2O2S/c1-27(2)20-9-6-10-21(15-20)28-24(29)22(18-11-13-19(26)14-12-18)23(25(28)30)31-16-17-7-4-3-5-8-17/h3-15H,16H2,1-2H3. The van der Waals surface area contributed by atoms with Crippen molar-refractivity contribution >= 4 is 40.5 Å². The number of rotatable bonds is 6. The van der Waals surface area contributed by atoms with Gasteiger partial charge in [-0.3, -0.25) is 9.59 Å². The molecular formula is C25H21FN2O2S. The molecule has 0 fully saturated rings. The fraction of sp³-hybridized carbons (Fsp3) is 0.120. The Morgan fingerprint density at radius 3 is 2.26 bits per heavy atom. The van der Waals surface area contributed by atoms with Gasteiger partial charge in [0.05, 0.1) is 16.2 Å². The number of benzene rings is 3. The first-order valence-corrected chi connectivity index (χ1v) is 10.8. The molecule has 0 N–H and O–H groups in total. The first-order chi connectivity index (χ1) is 15.0. The summed E-state index contributed by atoms with van der Waals surface area (Å²) in [5.41, 5.74) is 3.28. The summed E-state index contributed by atoms with van der Waals surface area (Å²) in [6.07, 6.45) is 0. The quantitative estimate of drug-likeness (QED) is 0.508. The number of nitrogens with zero attached hydrogens (tertiary/aromatic N) is 2. The second-order valence-corrected chi connectivity index (χ2v) is 8.33. The van der Waals surface area contributed by atoms with Gasteiger partial charge in [0.15, 0.2) is 0 Å². The predicted molar refractivity (Wildman–Crippen MR) is 124 cm³/mol. The Labute approximate surface area is 185 Å². The second kappa shape index (κ2) is 8.78. The molecular weight excluding hydrogens is 411 g/mol. The van der Waals surface area contributed by atoms with E-state index in [9.17, 15) is 14.0 Å². The summed E-state index contributed by atoms with van der Waals surface area (Å²) >= 11 is 1.33. The number of thioether (sulfide) groups is 1. The number of hydrogen-bond donors (Lipinski definition) is 0. The highest BCUT2D eigenvalue weighted by Gasteiger charge is 2.40. The minimum Gasteiger partial charge on any atom is -0.378 e. The molecule has 3 aromatic rings. The molecule has 156 valence electrons. The van der Waals surface area contributed by atoms with Gasteiger partial charge in [-0.15, -0.1) is 11.8 Å². The zero-order chi connectivity index (χ0) is 22.0. The van der Waals surface area contributed by atoms with Crippen LogP contribution in [0.25, 0.3) is 5.57 Å². The summed E-state index contributed by atoms with van der Waals surface area (Å²) < 4.78 is 13.5. The average molecular weight is 433 g/mol. The molecule has 0 atom stereocenters. The van der Waals surface area contributed by atoms with Gasteiger partial charge in [-0.2, -0.15) is 0 Å². The van der Waals surface area contributed by atoms with Crippen LogP contribution in [-0.2, 0) is 15.3 Å². The number of amides is 2. The van der Waals surface area contributed by atoms with Crippen molar-refractivity contribution in [3.63, 3.8) is 0 Å². The number of anilines is 2. The fourth-order valence-corrected chi connectivity index (χ4v) is 4.46. The van der Waals surface area contributed by atoms with Crippen LogP contribution in [0, 0.1) is 5.82 Å². The summed E-state index contributed by atoms with van der Waals surface area (Å²) in [7, 11) is 3.80. The van der Waals surface area contributed by atoms with Gasteiger partial charge in [0.2, 0.25) is 0 Å². The molecule has 31 heavy (non-hydrogen) atoms. The first-order valence-electron chi connectivity index (χ1n) is 9.79. The normalized spacial score (nSPS) is 13.8. The zero-order valence-electron chi connectivity index (χ0n) is 17.2. The van der Waals surface area contributed by atoms with Crippen LogP contribution in [0.15, 0.2) is 83.8 Å². The molecule has 0 spiro atoms. The van der Waals surface area contributed by atoms with Crippen LogP contribution in [0.4, 0.5) is 15.8 Å². The second-order valence-electron chi connectivity index (χ2n) is 7.35. The van der Waals surface area contributed by atoms with Gasteiger partial charge in [0.1, 0.15) is 5.82 Å². The van der Waals surface area contributed by atoms with Gasteiger partial charge >= 0.3 is 0 Å². The Kier molecular flexibility index (Phi) is 5.91. The van der Waals surface area contributed by atoms with E-state index < -0.39 is 11.7 Å². The van der Waals surface area contributed by atoms with Crippen LogP contribution in [0.1, 0.15) is 11.1 Å². The maximum absolute atomic E-state index is 13.5. The summed E-state index contributed by atoms with van der Waals surface area (Å²) in [6, 6.07) is 22.7. The van der Waals surface area contributed by atoms with E-state index in [2.05, 4.69) is 0 Å². The van der Waals surface area contributed by atoms with Crippen molar-refractivity contribution in [2.24, 2.45) is 0 Å². The lowest BCUT2D eigenvalue weighted by Crippen LogP contribution is -2.31. The molecule has 0 aromatic heterocycles. The summed E-state index contributed by atoms with van der Waals surface area (Å²) in [4.78, 5) is 30.3. The molecule has 0 radical (unpaired) electrons. The SMILES string of the molecule is CN(C)c1cccc(N2C(=O)C(SCc3ccccc3)=C(c3ccc(F)cc3)C2=O)c1. The van der Waals surface area contributed by atoms with E-state index in [4.69, 9.17) is 0 Å². The van der Waals surface area contributed by atoms with E-state index in [0.29, 0.717) is 27.5 Å².